The number of carbonyl (C=O) groups is 3. The van der Waals surface area contributed by atoms with E-state index in [4.69, 9.17) is 14.2 Å². The predicted octanol–water partition coefficient (Wildman–Crippen LogP) is 1.27. The minimum atomic E-state index is -0.877. The Bertz CT molecular complexity index is 746. The van der Waals surface area contributed by atoms with Crippen LogP contribution in [0.3, 0.4) is 0 Å². The minimum Gasteiger partial charge on any atom is -0.497 e. The topological polar surface area (TPSA) is 94.2 Å². The Morgan fingerprint density at radius 2 is 1.96 bits per heavy atom. The summed E-state index contributed by atoms with van der Waals surface area (Å²) in [5.41, 5.74) is 0.568. The first-order valence-corrected chi connectivity index (χ1v) is 8.96. The molecule has 3 rings (SSSR count). The van der Waals surface area contributed by atoms with Crippen molar-refractivity contribution in [1.82, 2.24) is 5.32 Å². The highest BCUT2D eigenvalue weighted by atomic mass is 16.5. The van der Waals surface area contributed by atoms with E-state index in [-0.39, 0.29) is 30.8 Å². The van der Waals surface area contributed by atoms with E-state index >= 15 is 0 Å². The third-order valence-electron chi connectivity index (χ3n) is 4.72. The molecule has 1 heterocycles. The van der Waals surface area contributed by atoms with Gasteiger partial charge in [0, 0.05) is 25.1 Å². The molecule has 2 atom stereocenters. The summed E-state index contributed by atoms with van der Waals surface area (Å²) in [5.74, 6) is -0.584. The molecule has 0 bridgehead atoms. The van der Waals surface area contributed by atoms with Crippen LogP contribution >= 0.6 is 0 Å². The first-order chi connectivity index (χ1) is 12.9. The number of ether oxygens (including phenoxy) is 3. The molecule has 1 aromatic carbocycles. The van der Waals surface area contributed by atoms with E-state index in [1.807, 2.05) is 0 Å². The zero-order valence-corrected chi connectivity index (χ0v) is 15.7. The van der Waals surface area contributed by atoms with Gasteiger partial charge in [0.2, 0.25) is 5.91 Å². The van der Waals surface area contributed by atoms with Gasteiger partial charge >= 0.3 is 5.97 Å². The lowest BCUT2D eigenvalue weighted by Crippen LogP contribution is -2.38. The lowest BCUT2D eigenvalue weighted by molar-refractivity contribution is -0.158. The van der Waals surface area contributed by atoms with Crippen molar-refractivity contribution < 1.29 is 28.6 Å². The zero-order chi connectivity index (χ0) is 19.6. The molecule has 0 radical (unpaired) electrons. The average molecular weight is 376 g/mol. The Labute approximate surface area is 157 Å². The van der Waals surface area contributed by atoms with E-state index in [0.29, 0.717) is 17.2 Å². The fourth-order valence-electron chi connectivity index (χ4n) is 2.98. The highest BCUT2D eigenvalue weighted by molar-refractivity contribution is 6.01. The molecular formula is C19H24N2O6. The third kappa shape index (κ3) is 4.32. The number of esters is 1. The molecule has 27 heavy (non-hydrogen) atoms. The molecule has 1 aromatic rings. The standard InChI is InChI=1S/C19H24N2O6/c1-11(18(23)20-13-4-5-13)27-19(24)12-8-17(22)21(10-12)15-7-6-14(25-2)9-16(15)26-3/h6-7,9,11-13H,4-5,8,10H2,1-3H3,(H,20,23)/t11-,12+/m0/s1. The van der Waals surface area contributed by atoms with Crippen molar-refractivity contribution in [3.05, 3.63) is 18.2 Å². The maximum atomic E-state index is 12.4. The number of nitrogens with one attached hydrogen (secondary N) is 1. The Morgan fingerprint density at radius 3 is 2.59 bits per heavy atom. The van der Waals surface area contributed by atoms with Gasteiger partial charge in [0.25, 0.3) is 5.91 Å². The molecule has 1 N–H and O–H groups in total. The lowest BCUT2D eigenvalue weighted by Gasteiger charge is -2.20. The second-order valence-electron chi connectivity index (χ2n) is 6.81. The van der Waals surface area contributed by atoms with E-state index in [1.165, 1.54) is 18.9 Å². The van der Waals surface area contributed by atoms with E-state index < -0.39 is 18.0 Å². The Hall–Kier alpha value is -2.77. The van der Waals surface area contributed by atoms with Gasteiger partial charge in [-0.1, -0.05) is 0 Å². The molecule has 8 nitrogen and oxygen atoms in total. The molecule has 2 amide bonds. The van der Waals surface area contributed by atoms with Crippen LogP contribution in [-0.2, 0) is 19.1 Å². The molecule has 8 heteroatoms. The maximum Gasteiger partial charge on any atom is 0.312 e. The third-order valence-corrected chi connectivity index (χ3v) is 4.72. The van der Waals surface area contributed by atoms with Crippen molar-refractivity contribution >= 4 is 23.5 Å². The molecule has 1 aliphatic heterocycles. The van der Waals surface area contributed by atoms with Crippen LogP contribution in [0.25, 0.3) is 0 Å². The van der Waals surface area contributed by atoms with Crippen molar-refractivity contribution in [3.8, 4) is 11.5 Å². The number of rotatable bonds is 7. The van der Waals surface area contributed by atoms with Gasteiger partial charge < -0.3 is 24.4 Å². The number of hydrogen-bond acceptors (Lipinski definition) is 6. The van der Waals surface area contributed by atoms with Crippen molar-refractivity contribution in [2.75, 3.05) is 25.7 Å². The Morgan fingerprint density at radius 1 is 1.22 bits per heavy atom. The number of carbonyl (C=O) groups excluding carboxylic acids is 3. The molecule has 1 saturated carbocycles. The average Bonchev–Trinajstić information content (AvgIpc) is 3.39. The second kappa shape index (κ2) is 7.85. The summed E-state index contributed by atoms with van der Waals surface area (Å²) in [4.78, 5) is 38.3. The number of amides is 2. The molecule has 0 unspecified atom stereocenters. The highest BCUT2D eigenvalue weighted by Crippen LogP contribution is 2.36. The molecule has 1 saturated heterocycles. The summed E-state index contributed by atoms with van der Waals surface area (Å²) in [7, 11) is 3.05. The fraction of sp³-hybridized carbons (Fsp3) is 0.526. The predicted molar refractivity (Wildman–Crippen MR) is 96.7 cm³/mol. The number of nitrogens with zero attached hydrogens (tertiary/aromatic N) is 1. The Balaban J connectivity index is 1.64. The van der Waals surface area contributed by atoms with Crippen LogP contribution in [0.5, 0.6) is 11.5 Å². The van der Waals surface area contributed by atoms with E-state index in [1.54, 1.807) is 25.3 Å². The molecule has 0 aromatic heterocycles. The van der Waals surface area contributed by atoms with Crippen LogP contribution in [0.15, 0.2) is 18.2 Å². The van der Waals surface area contributed by atoms with Crippen molar-refractivity contribution in [2.45, 2.75) is 38.3 Å². The summed E-state index contributed by atoms with van der Waals surface area (Å²) in [6, 6.07) is 5.32. The monoisotopic (exact) mass is 376 g/mol. The fourth-order valence-corrected chi connectivity index (χ4v) is 2.98. The van der Waals surface area contributed by atoms with Crippen molar-refractivity contribution in [2.24, 2.45) is 5.92 Å². The lowest BCUT2D eigenvalue weighted by atomic mass is 10.1. The Kier molecular flexibility index (Phi) is 5.53. The van der Waals surface area contributed by atoms with E-state index in [2.05, 4.69) is 5.32 Å². The van der Waals surface area contributed by atoms with Gasteiger partial charge in [0.1, 0.15) is 11.5 Å². The van der Waals surface area contributed by atoms with Crippen LogP contribution in [0.2, 0.25) is 0 Å². The first kappa shape index (κ1) is 19.0. The normalized spacial score (nSPS) is 20.2. The summed E-state index contributed by atoms with van der Waals surface area (Å²) in [6.45, 7) is 1.72. The molecule has 0 spiro atoms. The minimum absolute atomic E-state index is 0.0327. The van der Waals surface area contributed by atoms with Crippen LogP contribution in [0.1, 0.15) is 26.2 Å². The highest BCUT2D eigenvalue weighted by Gasteiger charge is 2.38. The van der Waals surface area contributed by atoms with Crippen LogP contribution < -0.4 is 19.7 Å². The van der Waals surface area contributed by atoms with Crippen LogP contribution in [0.4, 0.5) is 5.69 Å². The van der Waals surface area contributed by atoms with Gasteiger partial charge in [0.05, 0.1) is 25.8 Å². The van der Waals surface area contributed by atoms with Gasteiger partial charge in [-0.15, -0.1) is 0 Å². The van der Waals surface area contributed by atoms with Gasteiger partial charge in [-0.05, 0) is 31.9 Å². The van der Waals surface area contributed by atoms with E-state index in [0.717, 1.165) is 12.8 Å². The van der Waals surface area contributed by atoms with Gasteiger partial charge in [-0.2, -0.15) is 0 Å². The van der Waals surface area contributed by atoms with Crippen LogP contribution in [-0.4, -0.2) is 50.7 Å². The van der Waals surface area contributed by atoms with Gasteiger partial charge in [-0.3, -0.25) is 14.4 Å². The number of benzene rings is 1. The van der Waals surface area contributed by atoms with Crippen LogP contribution in [0, 0.1) is 5.92 Å². The molecule has 2 aliphatic rings. The zero-order valence-electron chi connectivity index (χ0n) is 15.7. The number of hydrogen-bond donors (Lipinski definition) is 1. The smallest absolute Gasteiger partial charge is 0.312 e. The van der Waals surface area contributed by atoms with Gasteiger partial charge in [0.15, 0.2) is 6.10 Å². The van der Waals surface area contributed by atoms with Crippen molar-refractivity contribution in [1.29, 1.82) is 0 Å². The molecule has 2 fully saturated rings. The van der Waals surface area contributed by atoms with Crippen molar-refractivity contribution in [3.63, 3.8) is 0 Å². The summed E-state index contributed by atoms with van der Waals surface area (Å²) < 4.78 is 15.8. The maximum absolute atomic E-state index is 12.4. The number of anilines is 1. The quantitative estimate of drug-likeness (QED) is 0.720. The summed E-state index contributed by atoms with van der Waals surface area (Å²) >= 11 is 0. The first-order valence-electron chi connectivity index (χ1n) is 8.96. The molecular weight excluding hydrogens is 352 g/mol. The van der Waals surface area contributed by atoms with Gasteiger partial charge in [-0.25, -0.2) is 0 Å². The SMILES string of the molecule is COc1ccc(N2C[C@H](C(=O)O[C@@H](C)C(=O)NC3CC3)CC2=O)c(OC)c1. The number of methoxy groups -OCH3 is 2. The summed E-state index contributed by atoms with van der Waals surface area (Å²) in [5, 5.41) is 2.80. The second-order valence-corrected chi connectivity index (χ2v) is 6.81. The summed E-state index contributed by atoms with van der Waals surface area (Å²) in [6.07, 6.45) is 1.08. The van der Waals surface area contributed by atoms with E-state index in [9.17, 15) is 14.4 Å². The largest absolute Gasteiger partial charge is 0.497 e. The molecule has 146 valence electrons. The molecule has 1 aliphatic carbocycles.